The van der Waals surface area contributed by atoms with Gasteiger partial charge in [0, 0.05) is 38.8 Å². The highest BCUT2D eigenvalue weighted by atomic mass is 15.2. The lowest BCUT2D eigenvalue weighted by atomic mass is 10.2. The van der Waals surface area contributed by atoms with Gasteiger partial charge in [-0.15, -0.1) is 0 Å². The van der Waals surface area contributed by atoms with Crippen LogP contribution in [0.5, 0.6) is 0 Å². The summed E-state index contributed by atoms with van der Waals surface area (Å²) in [6.07, 6.45) is 0. The maximum absolute atomic E-state index is 3.56. The van der Waals surface area contributed by atoms with Crippen LogP contribution in [0.25, 0.3) is 0 Å². The van der Waals surface area contributed by atoms with Gasteiger partial charge in [-0.3, -0.25) is 4.90 Å². The smallest absolute Gasteiger partial charge is 0.0195 e. The van der Waals surface area contributed by atoms with Gasteiger partial charge in [0.25, 0.3) is 0 Å². The Bertz CT molecular complexity index is 193. The van der Waals surface area contributed by atoms with Gasteiger partial charge in [-0.05, 0) is 40.7 Å². The Balaban J connectivity index is 3.72. The molecule has 0 saturated heterocycles. The molecule has 0 aliphatic rings. The van der Waals surface area contributed by atoms with Crippen molar-refractivity contribution in [3.8, 4) is 0 Å². The quantitative estimate of drug-likeness (QED) is 0.539. The van der Waals surface area contributed by atoms with Crippen molar-refractivity contribution < 1.29 is 0 Å². The van der Waals surface area contributed by atoms with E-state index in [9.17, 15) is 0 Å². The van der Waals surface area contributed by atoms with Crippen LogP contribution in [0.4, 0.5) is 0 Å². The highest BCUT2D eigenvalue weighted by molar-refractivity contribution is 4.69. The molecule has 0 aromatic heterocycles. The average Bonchev–Trinajstić information content (AvgIpc) is 2.37. The number of likely N-dealkylation sites (N-methyl/N-ethyl adjacent to an activating group) is 3. The van der Waals surface area contributed by atoms with E-state index >= 15 is 0 Å². The van der Waals surface area contributed by atoms with Crippen LogP contribution in [0.3, 0.4) is 0 Å². The molecule has 116 valence electrons. The Morgan fingerprint density at radius 1 is 0.895 bits per heavy atom. The Morgan fingerprint density at radius 3 is 1.95 bits per heavy atom. The fourth-order valence-corrected chi connectivity index (χ4v) is 2.46. The lowest BCUT2D eigenvalue weighted by molar-refractivity contribution is 0.181. The summed E-state index contributed by atoms with van der Waals surface area (Å²) in [7, 11) is 4.29. The van der Waals surface area contributed by atoms with Crippen molar-refractivity contribution in [3.63, 3.8) is 0 Å². The van der Waals surface area contributed by atoms with E-state index in [0.717, 1.165) is 52.4 Å². The molecule has 4 nitrogen and oxygen atoms in total. The molecule has 0 rings (SSSR count). The van der Waals surface area contributed by atoms with Gasteiger partial charge in [0.05, 0.1) is 0 Å². The molecule has 1 atom stereocenters. The second kappa shape index (κ2) is 11.6. The molecule has 1 N–H and O–H groups in total. The number of rotatable bonds is 12. The molecule has 0 heterocycles. The molecule has 0 amide bonds. The third-order valence-electron chi connectivity index (χ3n) is 3.73. The van der Waals surface area contributed by atoms with Crippen LogP contribution < -0.4 is 5.32 Å². The van der Waals surface area contributed by atoms with Crippen LogP contribution in [0.1, 0.15) is 27.7 Å². The predicted molar refractivity (Wildman–Crippen MR) is 85.9 cm³/mol. The summed E-state index contributed by atoms with van der Waals surface area (Å²) >= 11 is 0. The summed E-state index contributed by atoms with van der Waals surface area (Å²) in [5.41, 5.74) is 0. The third-order valence-corrected chi connectivity index (χ3v) is 3.73. The summed E-state index contributed by atoms with van der Waals surface area (Å²) in [6, 6.07) is 0.629. The number of nitrogens with one attached hydrogen (secondary N) is 1. The van der Waals surface area contributed by atoms with Gasteiger partial charge < -0.3 is 15.1 Å². The van der Waals surface area contributed by atoms with E-state index in [0.29, 0.717) is 6.04 Å². The first-order valence-electron chi connectivity index (χ1n) is 7.86. The van der Waals surface area contributed by atoms with Crippen LogP contribution in [-0.4, -0.2) is 87.2 Å². The minimum Gasteiger partial charge on any atom is -0.314 e. The van der Waals surface area contributed by atoms with Crippen molar-refractivity contribution in [2.75, 3.05) is 66.5 Å². The van der Waals surface area contributed by atoms with Crippen molar-refractivity contribution in [1.82, 2.24) is 20.0 Å². The molecule has 0 saturated carbocycles. The van der Waals surface area contributed by atoms with E-state index in [1.54, 1.807) is 0 Å². The summed E-state index contributed by atoms with van der Waals surface area (Å²) in [5, 5.41) is 3.56. The fraction of sp³-hybridized carbons (Fsp3) is 1.00. The van der Waals surface area contributed by atoms with E-state index in [1.165, 1.54) is 0 Å². The minimum atomic E-state index is 0.629. The topological polar surface area (TPSA) is 21.8 Å². The van der Waals surface area contributed by atoms with Crippen LogP contribution >= 0.6 is 0 Å². The van der Waals surface area contributed by atoms with Gasteiger partial charge in [-0.25, -0.2) is 0 Å². The Hall–Kier alpha value is -0.160. The van der Waals surface area contributed by atoms with E-state index in [-0.39, 0.29) is 0 Å². The molecule has 0 bridgehead atoms. The monoisotopic (exact) mass is 272 g/mol. The van der Waals surface area contributed by atoms with E-state index in [4.69, 9.17) is 0 Å². The van der Waals surface area contributed by atoms with Crippen LogP contribution in [0, 0.1) is 0 Å². The molecule has 4 heteroatoms. The van der Waals surface area contributed by atoms with Gasteiger partial charge in [-0.2, -0.15) is 0 Å². The maximum Gasteiger partial charge on any atom is 0.0195 e. The Morgan fingerprint density at radius 2 is 1.47 bits per heavy atom. The predicted octanol–water partition coefficient (Wildman–Crippen LogP) is 1.19. The van der Waals surface area contributed by atoms with Gasteiger partial charge in [-0.1, -0.05) is 20.8 Å². The van der Waals surface area contributed by atoms with Gasteiger partial charge in [0.1, 0.15) is 0 Å². The second-order valence-electron chi connectivity index (χ2n) is 5.52. The molecular weight excluding hydrogens is 236 g/mol. The lowest BCUT2D eigenvalue weighted by Crippen LogP contribution is -2.43. The van der Waals surface area contributed by atoms with Gasteiger partial charge >= 0.3 is 0 Å². The fourth-order valence-electron chi connectivity index (χ4n) is 2.46. The molecule has 0 aromatic carbocycles. The van der Waals surface area contributed by atoms with Crippen LogP contribution in [-0.2, 0) is 0 Å². The first kappa shape index (κ1) is 18.8. The molecule has 0 radical (unpaired) electrons. The summed E-state index contributed by atoms with van der Waals surface area (Å²) in [6.45, 7) is 18.1. The maximum atomic E-state index is 3.56. The van der Waals surface area contributed by atoms with E-state index in [2.05, 4.69) is 61.8 Å². The molecule has 0 aliphatic carbocycles. The highest BCUT2D eigenvalue weighted by Gasteiger charge is 2.11. The summed E-state index contributed by atoms with van der Waals surface area (Å²) in [5.74, 6) is 0. The molecule has 0 spiro atoms. The standard InChI is InChI=1S/C15H36N4/c1-7-18(8-2)12-10-16-11-13-19(9-3)15(4)14-17(5)6/h15-16H,7-14H2,1-6H3. The van der Waals surface area contributed by atoms with Crippen molar-refractivity contribution in [1.29, 1.82) is 0 Å². The van der Waals surface area contributed by atoms with Crippen molar-refractivity contribution >= 4 is 0 Å². The zero-order valence-corrected chi connectivity index (χ0v) is 14.1. The summed E-state index contributed by atoms with van der Waals surface area (Å²) in [4.78, 5) is 7.27. The molecule has 0 aliphatic heterocycles. The second-order valence-corrected chi connectivity index (χ2v) is 5.52. The normalized spacial score (nSPS) is 13.7. The summed E-state index contributed by atoms with van der Waals surface area (Å²) < 4.78 is 0. The number of nitrogens with zero attached hydrogens (tertiary/aromatic N) is 3. The van der Waals surface area contributed by atoms with Crippen molar-refractivity contribution in [3.05, 3.63) is 0 Å². The van der Waals surface area contributed by atoms with Crippen LogP contribution in [0.2, 0.25) is 0 Å². The van der Waals surface area contributed by atoms with Gasteiger partial charge in [0.15, 0.2) is 0 Å². The molecular formula is C15H36N4. The van der Waals surface area contributed by atoms with E-state index in [1.807, 2.05) is 0 Å². The lowest BCUT2D eigenvalue weighted by Gasteiger charge is -2.30. The van der Waals surface area contributed by atoms with Crippen molar-refractivity contribution in [2.45, 2.75) is 33.7 Å². The van der Waals surface area contributed by atoms with E-state index < -0.39 is 0 Å². The minimum absolute atomic E-state index is 0.629. The first-order valence-corrected chi connectivity index (χ1v) is 7.86. The number of hydrogen-bond donors (Lipinski definition) is 1. The zero-order valence-electron chi connectivity index (χ0n) is 14.1. The molecule has 19 heavy (non-hydrogen) atoms. The zero-order chi connectivity index (χ0) is 14.7. The SMILES string of the molecule is CCN(CC)CCNCCN(CC)C(C)CN(C)C. The largest absolute Gasteiger partial charge is 0.314 e. The van der Waals surface area contributed by atoms with Gasteiger partial charge in [0.2, 0.25) is 0 Å². The average molecular weight is 272 g/mol. The Labute approximate surface area is 121 Å². The molecule has 0 fully saturated rings. The molecule has 1 unspecified atom stereocenters. The number of hydrogen-bond acceptors (Lipinski definition) is 4. The third kappa shape index (κ3) is 9.38. The Kier molecular flexibility index (Phi) is 11.6. The molecule has 0 aromatic rings. The van der Waals surface area contributed by atoms with Crippen molar-refractivity contribution in [2.24, 2.45) is 0 Å². The first-order chi connectivity index (χ1) is 9.04. The van der Waals surface area contributed by atoms with Crippen LogP contribution in [0.15, 0.2) is 0 Å². The highest BCUT2D eigenvalue weighted by Crippen LogP contribution is 1.99.